The smallest absolute Gasteiger partial charge is 0.242 e. The lowest BCUT2D eigenvalue weighted by Crippen LogP contribution is -2.38. The number of carbonyl (C=O) groups is 1. The SMILES string of the molecule is CCCNC(=O)C(C)Nc1cc(C)c(Br)cn1. The Morgan fingerprint density at radius 3 is 2.88 bits per heavy atom. The molecule has 94 valence electrons. The summed E-state index contributed by atoms with van der Waals surface area (Å²) in [6.45, 7) is 6.54. The van der Waals surface area contributed by atoms with Gasteiger partial charge in [0, 0.05) is 17.2 Å². The zero-order valence-corrected chi connectivity index (χ0v) is 12.0. The largest absolute Gasteiger partial charge is 0.359 e. The van der Waals surface area contributed by atoms with Crippen LogP contribution in [0, 0.1) is 6.92 Å². The molecule has 0 saturated carbocycles. The number of aryl methyl sites for hydroxylation is 1. The highest BCUT2D eigenvalue weighted by Crippen LogP contribution is 2.17. The molecule has 1 aromatic heterocycles. The first kappa shape index (κ1) is 14.0. The van der Waals surface area contributed by atoms with Gasteiger partial charge in [-0.25, -0.2) is 4.98 Å². The minimum absolute atomic E-state index is 0.00535. The quantitative estimate of drug-likeness (QED) is 0.878. The first-order chi connectivity index (χ1) is 8.04. The summed E-state index contributed by atoms with van der Waals surface area (Å²) < 4.78 is 0.964. The Bertz CT molecular complexity index is 395. The second kappa shape index (κ2) is 6.59. The Balaban J connectivity index is 2.58. The summed E-state index contributed by atoms with van der Waals surface area (Å²) in [5.74, 6) is 0.707. The van der Waals surface area contributed by atoms with Gasteiger partial charge in [0.25, 0.3) is 0 Å². The molecule has 2 N–H and O–H groups in total. The van der Waals surface area contributed by atoms with Crippen molar-refractivity contribution >= 4 is 27.7 Å². The summed E-state index contributed by atoms with van der Waals surface area (Å²) in [5, 5.41) is 5.91. The summed E-state index contributed by atoms with van der Waals surface area (Å²) in [7, 11) is 0. The predicted octanol–water partition coefficient (Wildman–Crippen LogP) is 2.48. The first-order valence-electron chi connectivity index (χ1n) is 5.71. The number of nitrogens with one attached hydrogen (secondary N) is 2. The molecular formula is C12H18BrN3O. The molecule has 0 aliphatic rings. The molecule has 17 heavy (non-hydrogen) atoms. The minimum atomic E-state index is -0.283. The van der Waals surface area contributed by atoms with E-state index in [4.69, 9.17) is 0 Å². The third-order valence-electron chi connectivity index (χ3n) is 2.35. The monoisotopic (exact) mass is 299 g/mol. The molecule has 1 amide bonds. The topological polar surface area (TPSA) is 54.0 Å². The van der Waals surface area contributed by atoms with Crippen LogP contribution in [0.3, 0.4) is 0 Å². The van der Waals surface area contributed by atoms with Gasteiger partial charge in [-0.3, -0.25) is 4.79 Å². The third kappa shape index (κ3) is 4.34. The maximum atomic E-state index is 11.6. The second-order valence-corrected chi connectivity index (χ2v) is 4.83. The van der Waals surface area contributed by atoms with E-state index in [0.717, 1.165) is 16.5 Å². The van der Waals surface area contributed by atoms with Gasteiger partial charge < -0.3 is 10.6 Å². The molecule has 0 bridgehead atoms. The number of nitrogens with zero attached hydrogens (tertiary/aromatic N) is 1. The van der Waals surface area contributed by atoms with Crippen LogP contribution in [0.5, 0.6) is 0 Å². The number of hydrogen-bond acceptors (Lipinski definition) is 3. The number of amides is 1. The van der Waals surface area contributed by atoms with E-state index in [1.54, 1.807) is 6.20 Å². The first-order valence-corrected chi connectivity index (χ1v) is 6.50. The molecule has 0 spiro atoms. The Labute approximate surface area is 110 Å². The van der Waals surface area contributed by atoms with Crippen molar-refractivity contribution in [3.63, 3.8) is 0 Å². The second-order valence-electron chi connectivity index (χ2n) is 3.98. The number of pyridine rings is 1. The lowest BCUT2D eigenvalue weighted by atomic mass is 10.2. The number of carbonyl (C=O) groups excluding carboxylic acids is 1. The van der Waals surface area contributed by atoms with E-state index in [1.165, 1.54) is 0 Å². The third-order valence-corrected chi connectivity index (χ3v) is 3.18. The molecule has 0 radical (unpaired) electrons. The van der Waals surface area contributed by atoms with Gasteiger partial charge in [-0.2, -0.15) is 0 Å². The van der Waals surface area contributed by atoms with Gasteiger partial charge in [0.05, 0.1) is 0 Å². The highest BCUT2D eigenvalue weighted by Gasteiger charge is 2.12. The van der Waals surface area contributed by atoms with Crippen molar-refractivity contribution in [2.75, 3.05) is 11.9 Å². The van der Waals surface area contributed by atoms with Crippen LogP contribution in [0.4, 0.5) is 5.82 Å². The van der Waals surface area contributed by atoms with Crippen LogP contribution in [0.15, 0.2) is 16.7 Å². The van der Waals surface area contributed by atoms with E-state index in [-0.39, 0.29) is 11.9 Å². The zero-order chi connectivity index (χ0) is 12.8. The predicted molar refractivity (Wildman–Crippen MR) is 73.1 cm³/mol. The molecule has 4 nitrogen and oxygen atoms in total. The number of rotatable bonds is 5. The fourth-order valence-corrected chi connectivity index (χ4v) is 1.52. The van der Waals surface area contributed by atoms with Crippen LogP contribution in [0.25, 0.3) is 0 Å². The molecule has 5 heteroatoms. The van der Waals surface area contributed by atoms with Crippen LogP contribution >= 0.6 is 15.9 Å². The van der Waals surface area contributed by atoms with E-state index in [9.17, 15) is 4.79 Å². The Morgan fingerprint density at radius 2 is 2.29 bits per heavy atom. The van der Waals surface area contributed by atoms with E-state index in [0.29, 0.717) is 12.4 Å². The summed E-state index contributed by atoms with van der Waals surface area (Å²) in [6, 6.07) is 1.63. The molecule has 0 saturated heterocycles. The highest BCUT2D eigenvalue weighted by atomic mass is 79.9. The highest BCUT2D eigenvalue weighted by molar-refractivity contribution is 9.10. The molecule has 0 aromatic carbocycles. The Hall–Kier alpha value is -1.10. The molecule has 1 aromatic rings. The van der Waals surface area contributed by atoms with Crippen molar-refractivity contribution < 1.29 is 4.79 Å². The molecular weight excluding hydrogens is 282 g/mol. The number of anilines is 1. The van der Waals surface area contributed by atoms with Gasteiger partial charge in [-0.15, -0.1) is 0 Å². The molecule has 1 unspecified atom stereocenters. The number of halogens is 1. The molecule has 1 rings (SSSR count). The lowest BCUT2D eigenvalue weighted by Gasteiger charge is -2.14. The lowest BCUT2D eigenvalue weighted by molar-refractivity contribution is -0.121. The summed E-state index contributed by atoms with van der Waals surface area (Å²) >= 11 is 3.39. The Kier molecular flexibility index (Phi) is 5.41. The van der Waals surface area contributed by atoms with Gasteiger partial charge in [0.2, 0.25) is 5.91 Å². The molecule has 1 atom stereocenters. The van der Waals surface area contributed by atoms with Gasteiger partial charge >= 0.3 is 0 Å². The molecule has 0 fully saturated rings. The van der Waals surface area contributed by atoms with Crippen molar-refractivity contribution in [1.29, 1.82) is 0 Å². The van der Waals surface area contributed by atoms with Crippen LogP contribution in [0.1, 0.15) is 25.8 Å². The number of hydrogen-bond donors (Lipinski definition) is 2. The summed E-state index contributed by atoms with van der Waals surface area (Å²) in [6.07, 6.45) is 2.67. The zero-order valence-electron chi connectivity index (χ0n) is 10.4. The average molecular weight is 300 g/mol. The molecule has 0 aliphatic heterocycles. The van der Waals surface area contributed by atoms with Gasteiger partial charge in [-0.1, -0.05) is 6.92 Å². The van der Waals surface area contributed by atoms with Crippen LogP contribution in [-0.2, 0) is 4.79 Å². The van der Waals surface area contributed by atoms with Crippen molar-refractivity contribution in [3.8, 4) is 0 Å². The Morgan fingerprint density at radius 1 is 1.59 bits per heavy atom. The van der Waals surface area contributed by atoms with E-state index in [2.05, 4.69) is 31.5 Å². The van der Waals surface area contributed by atoms with Crippen molar-refractivity contribution in [1.82, 2.24) is 10.3 Å². The maximum Gasteiger partial charge on any atom is 0.242 e. The minimum Gasteiger partial charge on any atom is -0.359 e. The summed E-state index contributed by atoms with van der Waals surface area (Å²) in [4.78, 5) is 15.9. The standard InChI is InChI=1S/C12H18BrN3O/c1-4-5-14-12(17)9(3)16-11-6-8(2)10(13)7-15-11/h6-7,9H,4-5H2,1-3H3,(H,14,17)(H,15,16). The van der Waals surface area contributed by atoms with Crippen LogP contribution in [0.2, 0.25) is 0 Å². The van der Waals surface area contributed by atoms with Gasteiger partial charge in [0.1, 0.15) is 11.9 Å². The molecule has 0 aliphatic carbocycles. The molecule has 1 heterocycles. The normalized spacial score (nSPS) is 12.0. The number of aromatic nitrogens is 1. The van der Waals surface area contributed by atoms with Crippen molar-refractivity contribution in [2.24, 2.45) is 0 Å². The fourth-order valence-electron chi connectivity index (χ4n) is 1.31. The van der Waals surface area contributed by atoms with Gasteiger partial charge in [0.15, 0.2) is 0 Å². The van der Waals surface area contributed by atoms with Crippen LogP contribution in [-0.4, -0.2) is 23.5 Å². The summed E-state index contributed by atoms with van der Waals surface area (Å²) in [5.41, 5.74) is 1.09. The van der Waals surface area contributed by atoms with Crippen LogP contribution < -0.4 is 10.6 Å². The van der Waals surface area contributed by atoms with Crippen molar-refractivity contribution in [2.45, 2.75) is 33.2 Å². The van der Waals surface area contributed by atoms with Gasteiger partial charge in [-0.05, 0) is 47.8 Å². The van der Waals surface area contributed by atoms with Crippen molar-refractivity contribution in [3.05, 3.63) is 22.3 Å². The maximum absolute atomic E-state index is 11.6. The fraction of sp³-hybridized carbons (Fsp3) is 0.500. The average Bonchev–Trinajstić information content (AvgIpc) is 2.30. The van der Waals surface area contributed by atoms with E-state index >= 15 is 0 Å². The van der Waals surface area contributed by atoms with E-state index in [1.807, 2.05) is 26.8 Å². The van der Waals surface area contributed by atoms with E-state index < -0.39 is 0 Å².